The van der Waals surface area contributed by atoms with Crippen LogP contribution in [-0.4, -0.2) is 49.3 Å². The summed E-state index contributed by atoms with van der Waals surface area (Å²) >= 11 is 1.51. The molecular weight excluding hydrogens is 250 g/mol. The number of nitrogens with zero attached hydrogens (tertiary/aromatic N) is 4. The lowest BCUT2D eigenvalue weighted by molar-refractivity contribution is 0.0815. The highest BCUT2D eigenvalue weighted by atomic mass is 32.2. The highest BCUT2D eigenvalue weighted by molar-refractivity contribution is 7.99. The molecule has 1 aliphatic rings. The molecule has 1 unspecified atom stereocenters. The molecule has 2 rings (SSSR count). The Morgan fingerprint density at radius 2 is 2.33 bits per heavy atom. The van der Waals surface area contributed by atoms with E-state index in [4.69, 9.17) is 0 Å². The quantitative estimate of drug-likeness (QED) is 0.677. The van der Waals surface area contributed by atoms with Gasteiger partial charge in [0, 0.05) is 18.3 Å². The van der Waals surface area contributed by atoms with E-state index in [0.29, 0.717) is 11.8 Å². The van der Waals surface area contributed by atoms with E-state index in [-0.39, 0.29) is 0 Å². The molecule has 1 saturated carbocycles. The van der Waals surface area contributed by atoms with Gasteiger partial charge < -0.3 is 10.4 Å². The number of hydrogen-bond acceptors (Lipinski definition) is 6. The molecule has 102 valence electrons. The van der Waals surface area contributed by atoms with Gasteiger partial charge in [0.25, 0.3) is 0 Å². The zero-order valence-corrected chi connectivity index (χ0v) is 11.8. The molecule has 1 atom stereocenters. The van der Waals surface area contributed by atoms with Crippen LogP contribution in [0.3, 0.4) is 0 Å². The molecule has 1 aliphatic carbocycles. The molecule has 2 N–H and O–H groups in total. The molecule has 18 heavy (non-hydrogen) atoms. The standard InChI is InChI=1S/C11H21N5OS/c1-3-11(2,17)8-18-10-13-14-15-16(10)7-6-12-9-4-5-9/h9,12,17H,3-8H2,1-2H3. The maximum Gasteiger partial charge on any atom is 0.209 e. The van der Waals surface area contributed by atoms with Crippen molar-refractivity contribution in [1.82, 2.24) is 25.5 Å². The average molecular weight is 271 g/mol. The van der Waals surface area contributed by atoms with Crippen LogP contribution in [0.25, 0.3) is 0 Å². The number of aromatic nitrogens is 4. The Kier molecular flexibility index (Phi) is 4.58. The predicted octanol–water partition coefficient (Wildman–Crippen LogP) is 0.678. The van der Waals surface area contributed by atoms with E-state index in [0.717, 1.165) is 24.7 Å². The molecule has 0 saturated heterocycles. The Hall–Kier alpha value is -0.660. The lowest BCUT2D eigenvalue weighted by atomic mass is 10.1. The first kappa shape index (κ1) is 13.8. The second kappa shape index (κ2) is 5.99. The zero-order chi connectivity index (χ0) is 13.0. The fraction of sp³-hybridized carbons (Fsp3) is 0.909. The molecule has 0 bridgehead atoms. The number of hydrogen-bond donors (Lipinski definition) is 2. The van der Waals surface area contributed by atoms with E-state index in [9.17, 15) is 5.11 Å². The molecule has 0 spiro atoms. The Morgan fingerprint density at radius 1 is 1.56 bits per heavy atom. The SMILES string of the molecule is CCC(C)(O)CSc1nnnn1CCNC1CC1. The van der Waals surface area contributed by atoms with Crippen LogP contribution in [0.2, 0.25) is 0 Å². The van der Waals surface area contributed by atoms with Gasteiger partial charge in [0.1, 0.15) is 0 Å². The largest absolute Gasteiger partial charge is 0.389 e. The number of aliphatic hydroxyl groups is 1. The van der Waals surface area contributed by atoms with Crippen LogP contribution in [0, 0.1) is 0 Å². The molecule has 6 nitrogen and oxygen atoms in total. The second-order valence-electron chi connectivity index (χ2n) is 5.05. The minimum absolute atomic E-state index is 0.611. The minimum atomic E-state index is -0.659. The zero-order valence-electron chi connectivity index (χ0n) is 11.0. The molecule has 0 aliphatic heterocycles. The fourth-order valence-electron chi connectivity index (χ4n) is 1.42. The Bertz CT molecular complexity index is 377. The van der Waals surface area contributed by atoms with E-state index in [1.54, 1.807) is 4.68 Å². The molecule has 7 heteroatoms. The van der Waals surface area contributed by atoms with Crippen molar-refractivity contribution in [3.05, 3.63) is 0 Å². The van der Waals surface area contributed by atoms with E-state index >= 15 is 0 Å². The molecule has 1 heterocycles. The van der Waals surface area contributed by atoms with Gasteiger partial charge in [-0.15, -0.1) is 5.10 Å². The van der Waals surface area contributed by atoms with Crippen molar-refractivity contribution < 1.29 is 5.11 Å². The maximum absolute atomic E-state index is 9.96. The van der Waals surface area contributed by atoms with Crippen LogP contribution in [0.15, 0.2) is 5.16 Å². The van der Waals surface area contributed by atoms with Crippen LogP contribution >= 0.6 is 11.8 Å². The maximum atomic E-state index is 9.96. The summed E-state index contributed by atoms with van der Waals surface area (Å²) in [7, 11) is 0. The Labute approximate surface area is 112 Å². The fourth-order valence-corrected chi connectivity index (χ4v) is 2.44. The molecule has 1 fully saturated rings. The minimum Gasteiger partial charge on any atom is -0.389 e. The van der Waals surface area contributed by atoms with Gasteiger partial charge in [-0.05, 0) is 36.6 Å². The van der Waals surface area contributed by atoms with Gasteiger partial charge in [0.15, 0.2) is 0 Å². The van der Waals surface area contributed by atoms with Crippen molar-refractivity contribution in [3.63, 3.8) is 0 Å². The summed E-state index contributed by atoms with van der Waals surface area (Å²) < 4.78 is 1.80. The monoisotopic (exact) mass is 271 g/mol. The van der Waals surface area contributed by atoms with Crippen molar-refractivity contribution in [3.8, 4) is 0 Å². The van der Waals surface area contributed by atoms with Gasteiger partial charge in [-0.1, -0.05) is 18.7 Å². The number of nitrogens with one attached hydrogen (secondary N) is 1. The first-order valence-corrected chi connectivity index (χ1v) is 7.44. The predicted molar refractivity (Wildman–Crippen MR) is 70.5 cm³/mol. The van der Waals surface area contributed by atoms with Gasteiger partial charge >= 0.3 is 0 Å². The van der Waals surface area contributed by atoms with Gasteiger partial charge in [0.2, 0.25) is 5.16 Å². The third-order valence-corrected chi connectivity index (χ3v) is 4.42. The molecule has 1 aromatic heterocycles. The average Bonchev–Trinajstić information content (AvgIpc) is 3.06. The summed E-state index contributed by atoms with van der Waals surface area (Å²) in [5.41, 5.74) is -0.659. The summed E-state index contributed by atoms with van der Waals surface area (Å²) in [5.74, 6) is 0.611. The first-order chi connectivity index (χ1) is 8.61. The summed E-state index contributed by atoms with van der Waals surface area (Å²) in [4.78, 5) is 0. The van der Waals surface area contributed by atoms with Gasteiger partial charge in [-0.3, -0.25) is 0 Å². The van der Waals surface area contributed by atoms with Gasteiger partial charge in [-0.2, -0.15) is 0 Å². The molecule has 0 amide bonds. The Morgan fingerprint density at radius 3 is 3.00 bits per heavy atom. The summed E-state index contributed by atoms with van der Waals surface area (Å²) in [6, 6.07) is 0.707. The topological polar surface area (TPSA) is 75.9 Å². The van der Waals surface area contributed by atoms with E-state index in [1.807, 2.05) is 13.8 Å². The summed E-state index contributed by atoms with van der Waals surface area (Å²) in [6.45, 7) is 5.49. The highest BCUT2D eigenvalue weighted by Gasteiger charge is 2.21. The van der Waals surface area contributed by atoms with Crippen LogP contribution in [0.5, 0.6) is 0 Å². The third kappa shape index (κ3) is 4.22. The molecule has 1 aromatic rings. The summed E-state index contributed by atoms with van der Waals surface area (Å²) in [5, 5.41) is 25.8. The van der Waals surface area contributed by atoms with Crippen molar-refractivity contribution >= 4 is 11.8 Å². The van der Waals surface area contributed by atoms with E-state index in [2.05, 4.69) is 20.8 Å². The van der Waals surface area contributed by atoms with Crippen molar-refractivity contribution in [2.45, 2.75) is 56.5 Å². The van der Waals surface area contributed by atoms with Crippen molar-refractivity contribution in [2.24, 2.45) is 0 Å². The second-order valence-corrected chi connectivity index (χ2v) is 5.99. The normalized spacial score (nSPS) is 18.8. The molecule has 0 aromatic carbocycles. The van der Waals surface area contributed by atoms with Gasteiger partial charge in [-0.25, -0.2) is 4.68 Å². The van der Waals surface area contributed by atoms with Crippen LogP contribution in [0.1, 0.15) is 33.1 Å². The lowest BCUT2D eigenvalue weighted by Crippen LogP contribution is -2.26. The van der Waals surface area contributed by atoms with E-state index in [1.165, 1.54) is 24.6 Å². The first-order valence-electron chi connectivity index (χ1n) is 6.45. The Balaban J connectivity index is 1.78. The van der Waals surface area contributed by atoms with Crippen LogP contribution < -0.4 is 5.32 Å². The van der Waals surface area contributed by atoms with Crippen LogP contribution in [-0.2, 0) is 6.54 Å². The summed E-state index contributed by atoms with van der Waals surface area (Å²) in [6.07, 6.45) is 3.30. The van der Waals surface area contributed by atoms with Crippen molar-refractivity contribution in [2.75, 3.05) is 12.3 Å². The smallest absolute Gasteiger partial charge is 0.209 e. The van der Waals surface area contributed by atoms with Gasteiger partial charge in [0.05, 0.1) is 12.1 Å². The van der Waals surface area contributed by atoms with Crippen LogP contribution in [0.4, 0.5) is 0 Å². The molecular formula is C11H21N5OS. The number of thioether (sulfide) groups is 1. The third-order valence-electron chi connectivity index (χ3n) is 3.11. The number of tetrazole rings is 1. The lowest BCUT2D eigenvalue weighted by Gasteiger charge is -2.19. The highest BCUT2D eigenvalue weighted by Crippen LogP contribution is 2.22. The van der Waals surface area contributed by atoms with E-state index < -0.39 is 5.60 Å². The molecule has 0 radical (unpaired) electrons. The number of rotatable bonds is 8. The van der Waals surface area contributed by atoms with Crippen molar-refractivity contribution in [1.29, 1.82) is 0 Å².